The van der Waals surface area contributed by atoms with E-state index in [2.05, 4.69) is 104 Å². The minimum atomic E-state index is -1.69. The zero-order chi connectivity index (χ0) is 25.5. The molecule has 0 aliphatic carbocycles. The summed E-state index contributed by atoms with van der Waals surface area (Å²) >= 11 is 0. The number of benzene rings is 3. The average Bonchev–Trinajstić information content (AvgIpc) is 2.95. The molecule has 2 atom stereocenters. The van der Waals surface area contributed by atoms with Crippen molar-refractivity contribution >= 4 is 23.2 Å². The highest BCUT2D eigenvalue weighted by Gasteiger charge is 2.44. The van der Waals surface area contributed by atoms with E-state index < -0.39 is 7.26 Å². The molecule has 192 valence electrons. The van der Waals surface area contributed by atoms with Gasteiger partial charge in [-0.2, -0.15) is 0 Å². The Labute approximate surface area is 220 Å². The summed E-state index contributed by atoms with van der Waals surface area (Å²) in [6.07, 6.45) is 12.0. The molecule has 0 bridgehead atoms. The van der Waals surface area contributed by atoms with Gasteiger partial charge in [-0.15, -0.1) is 6.58 Å². The van der Waals surface area contributed by atoms with Crippen molar-refractivity contribution in [2.45, 2.75) is 58.0 Å². The summed E-state index contributed by atoms with van der Waals surface area (Å²) in [5.41, 5.74) is 0. The molecule has 0 fully saturated rings. The highest BCUT2D eigenvalue weighted by atomic mass is 31.2. The molecule has 0 spiro atoms. The molecule has 3 aromatic carbocycles. The van der Waals surface area contributed by atoms with Crippen LogP contribution >= 0.6 is 7.26 Å². The van der Waals surface area contributed by atoms with Crippen LogP contribution in [0.25, 0.3) is 0 Å². The smallest absolute Gasteiger partial charge is 0.146 e. The highest BCUT2D eigenvalue weighted by molar-refractivity contribution is 7.95. The van der Waals surface area contributed by atoms with Gasteiger partial charge in [0.05, 0.1) is 12.3 Å². The molecule has 3 heteroatoms. The summed E-state index contributed by atoms with van der Waals surface area (Å²) < 4.78 is 11.0. The van der Waals surface area contributed by atoms with Crippen molar-refractivity contribution in [1.82, 2.24) is 0 Å². The Kier molecular flexibility index (Phi) is 12.4. The van der Waals surface area contributed by atoms with Crippen LogP contribution in [0.15, 0.2) is 104 Å². The third-order valence-electron chi connectivity index (χ3n) is 7.18. The molecule has 2 nitrogen and oxygen atoms in total. The van der Waals surface area contributed by atoms with Crippen molar-refractivity contribution in [3.63, 3.8) is 0 Å². The summed E-state index contributed by atoms with van der Waals surface area (Å²) in [5, 5.41) is 4.46. The molecule has 0 heterocycles. The number of hydrogen-bond acceptors (Lipinski definition) is 2. The van der Waals surface area contributed by atoms with Crippen LogP contribution in [-0.4, -0.2) is 26.2 Å². The molecule has 3 rings (SSSR count). The van der Waals surface area contributed by atoms with Crippen LogP contribution in [0.4, 0.5) is 0 Å². The van der Waals surface area contributed by atoms with E-state index in [1.54, 1.807) is 7.11 Å². The lowest BCUT2D eigenvalue weighted by atomic mass is 9.98. The summed E-state index contributed by atoms with van der Waals surface area (Å²) in [5.74, 6) is 0.353. The highest BCUT2D eigenvalue weighted by Crippen LogP contribution is 2.56. The van der Waals surface area contributed by atoms with Crippen molar-refractivity contribution in [3.05, 3.63) is 104 Å². The predicted molar refractivity (Wildman–Crippen MR) is 158 cm³/mol. The number of rotatable bonds is 17. The molecule has 0 radical (unpaired) electrons. The van der Waals surface area contributed by atoms with Crippen molar-refractivity contribution in [1.29, 1.82) is 0 Å². The second-order valence-electron chi connectivity index (χ2n) is 9.66. The Morgan fingerprint density at radius 2 is 1.14 bits per heavy atom. The molecular formula is C33H44O2P+. The van der Waals surface area contributed by atoms with Crippen LogP contribution in [0, 0.1) is 5.92 Å². The molecule has 0 aliphatic heterocycles. The van der Waals surface area contributed by atoms with Crippen LogP contribution in [0.5, 0.6) is 0 Å². The standard InChI is InChI=1S/C33H44O2P/c1-4-29(2)33(35-28-34-3)26-18-7-5-6-8-19-27-36(30-20-12-9-13-21-30,31-22-14-10-15-23-31)32-24-16-11-17-25-32/h4,9-17,20-25,29,33H,1,5-8,18-19,26-28H2,2-3H3/q+1/t29-,33-/m0/s1. The first-order chi connectivity index (χ1) is 17.7. The van der Waals surface area contributed by atoms with Crippen LogP contribution < -0.4 is 15.9 Å². The average molecular weight is 504 g/mol. The third-order valence-corrected chi connectivity index (χ3v) is 11.7. The maximum atomic E-state index is 5.86. The summed E-state index contributed by atoms with van der Waals surface area (Å²) in [6.45, 7) is 6.47. The zero-order valence-corrected chi connectivity index (χ0v) is 23.1. The fourth-order valence-corrected chi connectivity index (χ4v) is 9.50. The van der Waals surface area contributed by atoms with E-state index in [0.29, 0.717) is 12.7 Å². The molecular weight excluding hydrogens is 459 g/mol. The van der Waals surface area contributed by atoms with Crippen LogP contribution in [0.1, 0.15) is 51.9 Å². The van der Waals surface area contributed by atoms with E-state index in [4.69, 9.17) is 9.47 Å². The normalized spacial score (nSPS) is 13.3. The lowest BCUT2D eigenvalue weighted by Crippen LogP contribution is -2.33. The van der Waals surface area contributed by atoms with Gasteiger partial charge >= 0.3 is 0 Å². The first-order valence-electron chi connectivity index (χ1n) is 13.5. The van der Waals surface area contributed by atoms with Gasteiger partial charge in [0.15, 0.2) is 0 Å². The Morgan fingerprint density at radius 1 is 0.694 bits per heavy atom. The Hall–Kier alpha value is -2.25. The first kappa shape index (κ1) is 28.3. The summed E-state index contributed by atoms with van der Waals surface area (Å²) in [6, 6.07) is 33.7. The van der Waals surface area contributed by atoms with E-state index in [-0.39, 0.29) is 6.10 Å². The molecule has 3 aromatic rings. The Morgan fingerprint density at radius 3 is 1.58 bits per heavy atom. The maximum absolute atomic E-state index is 5.86. The van der Waals surface area contributed by atoms with Crippen molar-refractivity contribution in [2.75, 3.05) is 20.1 Å². The SMILES string of the molecule is C=C[C@H](C)[C@H](CCCCCCCC[P+](c1ccccc1)(c1ccccc1)c1ccccc1)OCOC. The lowest BCUT2D eigenvalue weighted by molar-refractivity contribution is -0.0859. The zero-order valence-electron chi connectivity index (χ0n) is 22.2. The largest absolute Gasteiger partial charge is 0.359 e. The van der Waals surface area contributed by atoms with Crippen molar-refractivity contribution in [3.8, 4) is 0 Å². The first-order valence-corrected chi connectivity index (χ1v) is 15.5. The van der Waals surface area contributed by atoms with Gasteiger partial charge < -0.3 is 9.47 Å². The van der Waals surface area contributed by atoms with Crippen LogP contribution in [0.2, 0.25) is 0 Å². The molecule has 0 N–H and O–H groups in total. The third kappa shape index (κ3) is 7.87. The van der Waals surface area contributed by atoms with Gasteiger partial charge in [0, 0.05) is 13.0 Å². The quantitative estimate of drug-likeness (QED) is 0.0821. The van der Waals surface area contributed by atoms with Crippen molar-refractivity contribution < 1.29 is 9.47 Å². The Balaban J connectivity index is 1.60. The number of hydrogen-bond donors (Lipinski definition) is 0. The van der Waals surface area contributed by atoms with E-state index in [9.17, 15) is 0 Å². The van der Waals surface area contributed by atoms with Crippen LogP contribution in [0.3, 0.4) is 0 Å². The van der Waals surface area contributed by atoms with Crippen LogP contribution in [-0.2, 0) is 9.47 Å². The van der Waals surface area contributed by atoms with E-state index in [1.165, 1.54) is 60.6 Å². The summed E-state index contributed by atoms with van der Waals surface area (Å²) in [4.78, 5) is 0. The maximum Gasteiger partial charge on any atom is 0.146 e. The fourth-order valence-electron chi connectivity index (χ4n) is 5.09. The predicted octanol–water partition coefficient (Wildman–Crippen LogP) is 7.52. The monoisotopic (exact) mass is 503 g/mol. The van der Waals surface area contributed by atoms with E-state index in [1.807, 2.05) is 6.08 Å². The van der Waals surface area contributed by atoms with Gasteiger partial charge in [0.2, 0.25) is 0 Å². The second kappa shape index (κ2) is 15.8. The molecule has 0 unspecified atom stereocenters. The molecule has 0 saturated carbocycles. The van der Waals surface area contributed by atoms with Gasteiger partial charge in [0.25, 0.3) is 0 Å². The second-order valence-corrected chi connectivity index (χ2v) is 13.3. The topological polar surface area (TPSA) is 18.5 Å². The number of ether oxygens (including phenoxy) is 2. The van der Waals surface area contributed by atoms with E-state index >= 15 is 0 Å². The Bertz CT molecular complexity index is 878. The van der Waals surface area contributed by atoms with E-state index in [0.717, 1.165) is 6.42 Å². The molecule has 0 amide bonds. The molecule has 36 heavy (non-hydrogen) atoms. The number of methoxy groups -OCH3 is 1. The van der Waals surface area contributed by atoms with Crippen molar-refractivity contribution in [2.24, 2.45) is 5.92 Å². The molecule has 0 aliphatic rings. The molecule has 0 saturated heterocycles. The fraction of sp³-hybridized carbons (Fsp3) is 0.394. The summed E-state index contributed by atoms with van der Waals surface area (Å²) in [7, 11) is -0.0105. The number of unbranched alkanes of at least 4 members (excludes halogenated alkanes) is 5. The lowest BCUT2D eigenvalue weighted by Gasteiger charge is -2.27. The minimum absolute atomic E-state index is 0.204. The minimum Gasteiger partial charge on any atom is -0.359 e. The van der Waals surface area contributed by atoms with Gasteiger partial charge in [-0.3, -0.25) is 0 Å². The molecule has 0 aromatic heterocycles. The van der Waals surface area contributed by atoms with Gasteiger partial charge in [-0.1, -0.05) is 93.3 Å². The van der Waals surface area contributed by atoms with Gasteiger partial charge in [0.1, 0.15) is 30.0 Å². The van der Waals surface area contributed by atoms with Gasteiger partial charge in [-0.25, -0.2) is 0 Å². The van der Waals surface area contributed by atoms with Gasteiger partial charge in [-0.05, 0) is 55.7 Å².